The van der Waals surface area contributed by atoms with Crippen LogP contribution in [0.3, 0.4) is 0 Å². The van der Waals surface area contributed by atoms with E-state index in [2.05, 4.69) is 13.8 Å². The summed E-state index contributed by atoms with van der Waals surface area (Å²) in [5.41, 5.74) is 0.827. The van der Waals surface area contributed by atoms with Crippen molar-refractivity contribution in [3.05, 3.63) is 11.6 Å². The lowest BCUT2D eigenvalue weighted by Crippen LogP contribution is -2.08. The summed E-state index contributed by atoms with van der Waals surface area (Å²) in [7, 11) is 0. The molecule has 2 heteroatoms. The molecular formula is C23H44O2. The molecule has 0 aromatic heterocycles. The van der Waals surface area contributed by atoms with E-state index in [0.29, 0.717) is 6.61 Å². The minimum Gasteiger partial charge on any atom is -0.462 e. The third kappa shape index (κ3) is 16.4. The molecule has 0 aliphatic carbocycles. The molecule has 0 saturated carbocycles. The summed E-state index contributed by atoms with van der Waals surface area (Å²) < 4.78 is 5.35. The van der Waals surface area contributed by atoms with Gasteiger partial charge < -0.3 is 4.74 Å². The minimum atomic E-state index is -0.112. The van der Waals surface area contributed by atoms with E-state index in [1.807, 2.05) is 13.0 Å². The van der Waals surface area contributed by atoms with Crippen LogP contribution in [0.15, 0.2) is 11.6 Å². The largest absolute Gasteiger partial charge is 0.462 e. The Balaban J connectivity index is 3.26. The Bertz CT molecular complexity index is 320. The summed E-state index contributed by atoms with van der Waals surface area (Å²) in [4.78, 5) is 11.8. The molecule has 0 saturated heterocycles. The van der Waals surface area contributed by atoms with Gasteiger partial charge in [0.2, 0.25) is 0 Å². The van der Waals surface area contributed by atoms with E-state index in [9.17, 15) is 4.79 Å². The lowest BCUT2D eigenvalue weighted by molar-refractivity contribution is -0.139. The topological polar surface area (TPSA) is 26.3 Å². The van der Waals surface area contributed by atoms with Gasteiger partial charge in [0.15, 0.2) is 0 Å². The molecule has 0 aliphatic rings. The van der Waals surface area contributed by atoms with Crippen LogP contribution in [0.5, 0.6) is 0 Å². The standard InChI is InChI=1S/C23H44O2/c1-4-7-8-9-10-11-12-13-14-15-16-17-18-19-21-25-23(24)22(6-3)20-5-2/h20H,4-19,21H2,1-3H3. The first-order valence-electron chi connectivity index (χ1n) is 11.1. The molecule has 0 atom stereocenters. The quantitative estimate of drug-likeness (QED) is 0.143. The predicted molar refractivity (Wildman–Crippen MR) is 110 cm³/mol. The smallest absolute Gasteiger partial charge is 0.333 e. The highest BCUT2D eigenvalue weighted by atomic mass is 16.5. The fourth-order valence-electron chi connectivity index (χ4n) is 3.17. The SMILES string of the molecule is CCC=C(CC)C(=O)OCCCCCCCCCCCCCCCC. The van der Waals surface area contributed by atoms with Gasteiger partial charge in [-0.3, -0.25) is 0 Å². The molecule has 0 aromatic carbocycles. The van der Waals surface area contributed by atoms with Crippen molar-refractivity contribution >= 4 is 5.97 Å². The third-order valence-electron chi connectivity index (χ3n) is 4.82. The van der Waals surface area contributed by atoms with Crippen LogP contribution in [0.4, 0.5) is 0 Å². The van der Waals surface area contributed by atoms with Crippen molar-refractivity contribution in [2.45, 2.75) is 124 Å². The lowest BCUT2D eigenvalue weighted by atomic mass is 10.0. The lowest BCUT2D eigenvalue weighted by Gasteiger charge is -2.07. The molecule has 0 radical (unpaired) electrons. The van der Waals surface area contributed by atoms with Crippen LogP contribution < -0.4 is 0 Å². The summed E-state index contributed by atoms with van der Waals surface area (Å²) in [6.07, 6.45) is 22.5. The molecule has 0 spiro atoms. The van der Waals surface area contributed by atoms with E-state index in [1.165, 1.54) is 83.5 Å². The Hall–Kier alpha value is -0.790. The van der Waals surface area contributed by atoms with Crippen molar-refractivity contribution in [1.29, 1.82) is 0 Å². The second kappa shape index (κ2) is 19.5. The van der Waals surface area contributed by atoms with Gasteiger partial charge in [-0.1, -0.05) is 110 Å². The number of esters is 1. The fourth-order valence-corrected chi connectivity index (χ4v) is 3.17. The zero-order chi connectivity index (χ0) is 18.6. The van der Waals surface area contributed by atoms with Gasteiger partial charge in [-0.2, -0.15) is 0 Å². The first-order chi connectivity index (χ1) is 12.3. The van der Waals surface area contributed by atoms with Gasteiger partial charge in [0.1, 0.15) is 0 Å². The zero-order valence-corrected chi connectivity index (χ0v) is 17.4. The molecule has 0 aromatic rings. The molecule has 0 bridgehead atoms. The second-order valence-electron chi connectivity index (χ2n) is 7.22. The molecule has 0 aliphatic heterocycles. The second-order valence-corrected chi connectivity index (χ2v) is 7.22. The van der Waals surface area contributed by atoms with Gasteiger partial charge in [-0.25, -0.2) is 4.79 Å². The van der Waals surface area contributed by atoms with Crippen molar-refractivity contribution in [2.75, 3.05) is 6.61 Å². The normalized spacial score (nSPS) is 11.7. The van der Waals surface area contributed by atoms with E-state index in [1.54, 1.807) is 0 Å². The summed E-state index contributed by atoms with van der Waals surface area (Å²) in [6.45, 7) is 6.92. The number of carbonyl (C=O) groups is 1. The summed E-state index contributed by atoms with van der Waals surface area (Å²) in [5.74, 6) is -0.112. The summed E-state index contributed by atoms with van der Waals surface area (Å²) >= 11 is 0. The van der Waals surface area contributed by atoms with Crippen molar-refractivity contribution in [3.8, 4) is 0 Å². The first-order valence-corrected chi connectivity index (χ1v) is 11.1. The van der Waals surface area contributed by atoms with Crippen LogP contribution >= 0.6 is 0 Å². The Kier molecular flexibility index (Phi) is 18.9. The van der Waals surface area contributed by atoms with Crippen LogP contribution in [-0.4, -0.2) is 12.6 Å². The molecule has 0 rings (SSSR count). The summed E-state index contributed by atoms with van der Waals surface area (Å²) in [5, 5.41) is 0. The average Bonchev–Trinajstić information content (AvgIpc) is 2.62. The average molecular weight is 353 g/mol. The van der Waals surface area contributed by atoms with Crippen LogP contribution in [0.1, 0.15) is 124 Å². The van der Waals surface area contributed by atoms with Crippen LogP contribution in [-0.2, 0) is 9.53 Å². The van der Waals surface area contributed by atoms with Gasteiger partial charge in [-0.15, -0.1) is 0 Å². The molecule has 2 nitrogen and oxygen atoms in total. The van der Waals surface area contributed by atoms with Crippen molar-refractivity contribution in [3.63, 3.8) is 0 Å². The molecule has 0 unspecified atom stereocenters. The van der Waals surface area contributed by atoms with Crippen molar-refractivity contribution in [2.24, 2.45) is 0 Å². The number of allylic oxidation sites excluding steroid dienone is 1. The fraction of sp³-hybridized carbons (Fsp3) is 0.870. The van der Waals surface area contributed by atoms with Crippen LogP contribution in [0.2, 0.25) is 0 Å². The maximum atomic E-state index is 11.8. The molecule has 0 amide bonds. The highest BCUT2D eigenvalue weighted by molar-refractivity contribution is 5.88. The van der Waals surface area contributed by atoms with E-state index in [0.717, 1.165) is 24.8 Å². The minimum absolute atomic E-state index is 0.112. The molecular weight excluding hydrogens is 308 g/mol. The molecule has 0 fully saturated rings. The number of hydrogen-bond donors (Lipinski definition) is 0. The highest BCUT2D eigenvalue weighted by Gasteiger charge is 2.07. The molecule has 0 heterocycles. The number of hydrogen-bond acceptors (Lipinski definition) is 2. The number of unbranched alkanes of at least 4 members (excludes halogenated alkanes) is 13. The third-order valence-corrected chi connectivity index (χ3v) is 4.82. The first kappa shape index (κ1) is 24.2. The number of carbonyl (C=O) groups excluding carboxylic acids is 1. The van der Waals surface area contributed by atoms with E-state index in [-0.39, 0.29) is 5.97 Å². The van der Waals surface area contributed by atoms with Crippen molar-refractivity contribution < 1.29 is 9.53 Å². The Morgan fingerprint density at radius 1 is 0.680 bits per heavy atom. The van der Waals surface area contributed by atoms with Gasteiger partial charge >= 0.3 is 5.97 Å². The maximum Gasteiger partial charge on any atom is 0.333 e. The van der Waals surface area contributed by atoms with Crippen LogP contribution in [0.25, 0.3) is 0 Å². The predicted octanol–water partition coefficient (Wildman–Crippen LogP) is 7.76. The van der Waals surface area contributed by atoms with Gasteiger partial charge in [0.25, 0.3) is 0 Å². The van der Waals surface area contributed by atoms with E-state index < -0.39 is 0 Å². The van der Waals surface area contributed by atoms with Gasteiger partial charge in [0, 0.05) is 5.57 Å². The number of ether oxygens (including phenoxy) is 1. The Labute approximate surface area is 157 Å². The van der Waals surface area contributed by atoms with Crippen LogP contribution in [0, 0.1) is 0 Å². The summed E-state index contributed by atoms with van der Waals surface area (Å²) in [6, 6.07) is 0. The Morgan fingerprint density at radius 2 is 1.12 bits per heavy atom. The zero-order valence-electron chi connectivity index (χ0n) is 17.4. The monoisotopic (exact) mass is 352 g/mol. The number of rotatable bonds is 18. The molecule has 148 valence electrons. The molecule has 25 heavy (non-hydrogen) atoms. The van der Waals surface area contributed by atoms with E-state index >= 15 is 0 Å². The highest BCUT2D eigenvalue weighted by Crippen LogP contribution is 2.13. The maximum absolute atomic E-state index is 11.8. The van der Waals surface area contributed by atoms with E-state index in [4.69, 9.17) is 4.74 Å². The van der Waals surface area contributed by atoms with Crippen molar-refractivity contribution in [1.82, 2.24) is 0 Å². The Morgan fingerprint density at radius 3 is 1.52 bits per heavy atom. The van der Waals surface area contributed by atoms with Gasteiger partial charge in [-0.05, 0) is 19.3 Å². The molecule has 0 N–H and O–H groups in total. The van der Waals surface area contributed by atoms with Gasteiger partial charge in [0.05, 0.1) is 6.61 Å².